The standard InChI is InChI=1S/C13H20N2O2/c1-4-6-7-11-9-15(5-2)13(17)8-12(11)14(3)10-16/h8-10H,4-7H2,1-3H3. The Bertz CT molecular complexity index is 438. The van der Waals surface area contributed by atoms with Gasteiger partial charge in [0, 0.05) is 25.9 Å². The highest BCUT2D eigenvalue weighted by Crippen LogP contribution is 2.18. The number of pyridine rings is 1. The van der Waals surface area contributed by atoms with Gasteiger partial charge in [0.05, 0.1) is 5.69 Å². The fraction of sp³-hybridized carbons (Fsp3) is 0.538. The lowest BCUT2D eigenvalue weighted by Gasteiger charge is -2.17. The molecule has 0 aliphatic carbocycles. The molecule has 0 bridgehead atoms. The van der Waals surface area contributed by atoms with Crippen molar-refractivity contribution in [1.82, 2.24) is 4.57 Å². The monoisotopic (exact) mass is 236 g/mol. The van der Waals surface area contributed by atoms with E-state index in [1.165, 1.54) is 4.90 Å². The number of rotatable bonds is 6. The Kier molecular flexibility index (Phi) is 4.94. The van der Waals surface area contributed by atoms with Crippen LogP contribution in [0.4, 0.5) is 5.69 Å². The first-order valence-electron chi connectivity index (χ1n) is 6.05. The molecule has 94 valence electrons. The maximum absolute atomic E-state index is 11.7. The summed E-state index contributed by atoms with van der Waals surface area (Å²) in [5, 5.41) is 0. The number of aromatic nitrogens is 1. The first kappa shape index (κ1) is 13.5. The molecule has 0 spiro atoms. The van der Waals surface area contributed by atoms with Crippen molar-refractivity contribution < 1.29 is 4.79 Å². The Morgan fingerprint density at radius 1 is 1.41 bits per heavy atom. The van der Waals surface area contributed by atoms with Gasteiger partial charge in [-0.2, -0.15) is 0 Å². The molecule has 1 heterocycles. The van der Waals surface area contributed by atoms with E-state index < -0.39 is 0 Å². The molecular formula is C13H20N2O2. The van der Waals surface area contributed by atoms with E-state index in [4.69, 9.17) is 0 Å². The predicted molar refractivity (Wildman–Crippen MR) is 69.5 cm³/mol. The van der Waals surface area contributed by atoms with Crippen LogP contribution in [0, 0.1) is 0 Å². The molecule has 0 saturated heterocycles. The Hall–Kier alpha value is -1.58. The normalized spacial score (nSPS) is 10.3. The lowest BCUT2D eigenvalue weighted by atomic mass is 10.1. The van der Waals surface area contributed by atoms with E-state index in [1.54, 1.807) is 17.7 Å². The van der Waals surface area contributed by atoms with Crippen molar-refractivity contribution in [3.05, 3.63) is 28.2 Å². The third-order valence-corrected chi connectivity index (χ3v) is 2.86. The van der Waals surface area contributed by atoms with E-state index in [1.807, 2.05) is 13.1 Å². The SMILES string of the molecule is CCCCc1cn(CC)c(=O)cc1N(C)C=O. The van der Waals surface area contributed by atoms with Crippen molar-refractivity contribution in [2.75, 3.05) is 11.9 Å². The summed E-state index contributed by atoms with van der Waals surface area (Å²) in [6.07, 6.45) is 5.65. The lowest BCUT2D eigenvalue weighted by molar-refractivity contribution is -0.107. The third kappa shape index (κ3) is 3.19. The van der Waals surface area contributed by atoms with Crippen LogP contribution in [0.1, 0.15) is 32.3 Å². The van der Waals surface area contributed by atoms with Crippen molar-refractivity contribution in [2.24, 2.45) is 0 Å². The zero-order chi connectivity index (χ0) is 12.8. The Labute approximate surface area is 102 Å². The molecule has 0 saturated carbocycles. The first-order valence-corrected chi connectivity index (χ1v) is 6.05. The molecule has 0 aliphatic heterocycles. The van der Waals surface area contributed by atoms with E-state index in [0.29, 0.717) is 6.54 Å². The number of unbranched alkanes of at least 4 members (excludes halogenated alkanes) is 1. The number of anilines is 1. The summed E-state index contributed by atoms with van der Waals surface area (Å²) in [4.78, 5) is 24.0. The summed E-state index contributed by atoms with van der Waals surface area (Å²) in [6, 6.07) is 1.54. The average molecular weight is 236 g/mol. The van der Waals surface area contributed by atoms with E-state index in [2.05, 4.69) is 6.92 Å². The zero-order valence-electron chi connectivity index (χ0n) is 10.8. The number of aryl methyl sites for hydroxylation is 2. The molecule has 1 rings (SSSR count). The minimum absolute atomic E-state index is 0.0588. The highest BCUT2D eigenvalue weighted by molar-refractivity contribution is 5.75. The van der Waals surface area contributed by atoms with Crippen LogP contribution >= 0.6 is 0 Å². The van der Waals surface area contributed by atoms with Crippen molar-refractivity contribution in [3.63, 3.8) is 0 Å². The van der Waals surface area contributed by atoms with E-state index in [-0.39, 0.29) is 5.56 Å². The molecule has 17 heavy (non-hydrogen) atoms. The van der Waals surface area contributed by atoms with Gasteiger partial charge in [-0.25, -0.2) is 0 Å². The van der Waals surface area contributed by atoms with Crippen molar-refractivity contribution >= 4 is 12.1 Å². The number of carbonyl (C=O) groups is 1. The summed E-state index contributed by atoms with van der Waals surface area (Å²) in [6.45, 7) is 4.72. The number of nitrogens with zero attached hydrogens (tertiary/aromatic N) is 2. The van der Waals surface area contributed by atoms with Crippen LogP contribution in [-0.2, 0) is 17.8 Å². The number of hydrogen-bond acceptors (Lipinski definition) is 2. The quantitative estimate of drug-likeness (QED) is 0.707. The van der Waals surface area contributed by atoms with Gasteiger partial charge < -0.3 is 9.47 Å². The Morgan fingerprint density at radius 2 is 2.12 bits per heavy atom. The molecule has 0 aromatic carbocycles. The Morgan fingerprint density at radius 3 is 2.65 bits per heavy atom. The summed E-state index contributed by atoms with van der Waals surface area (Å²) in [7, 11) is 1.67. The molecule has 0 unspecified atom stereocenters. The van der Waals surface area contributed by atoms with Gasteiger partial charge in [-0.15, -0.1) is 0 Å². The summed E-state index contributed by atoms with van der Waals surface area (Å²) < 4.78 is 1.67. The molecule has 0 fully saturated rings. The van der Waals surface area contributed by atoms with Gasteiger partial charge in [0.25, 0.3) is 5.56 Å². The highest BCUT2D eigenvalue weighted by Gasteiger charge is 2.09. The van der Waals surface area contributed by atoms with Crippen LogP contribution in [-0.4, -0.2) is 18.0 Å². The van der Waals surface area contributed by atoms with Crippen molar-refractivity contribution in [2.45, 2.75) is 39.7 Å². The van der Waals surface area contributed by atoms with Gasteiger partial charge in [-0.1, -0.05) is 13.3 Å². The summed E-state index contributed by atoms with van der Waals surface area (Å²) >= 11 is 0. The van der Waals surface area contributed by atoms with Gasteiger partial charge in [0.2, 0.25) is 6.41 Å². The molecule has 1 amide bonds. The van der Waals surface area contributed by atoms with E-state index >= 15 is 0 Å². The minimum Gasteiger partial charge on any atom is -0.318 e. The van der Waals surface area contributed by atoms with Gasteiger partial charge in [-0.05, 0) is 25.3 Å². The van der Waals surface area contributed by atoms with Crippen LogP contribution in [0.15, 0.2) is 17.1 Å². The van der Waals surface area contributed by atoms with Crippen molar-refractivity contribution in [1.29, 1.82) is 0 Å². The fourth-order valence-electron chi connectivity index (χ4n) is 1.80. The maximum atomic E-state index is 11.7. The first-order chi connectivity index (χ1) is 8.13. The minimum atomic E-state index is -0.0588. The van der Waals surface area contributed by atoms with Crippen LogP contribution in [0.5, 0.6) is 0 Å². The number of hydrogen-bond donors (Lipinski definition) is 0. The van der Waals surface area contributed by atoms with Gasteiger partial charge in [0.1, 0.15) is 0 Å². The largest absolute Gasteiger partial charge is 0.318 e. The number of carbonyl (C=O) groups excluding carboxylic acids is 1. The van der Waals surface area contributed by atoms with Crippen LogP contribution < -0.4 is 10.5 Å². The van der Waals surface area contributed by atoms with Gasteiger partial charge in [-0.3, -0.25) is 9.59 Å². The molecule has 0 atom stereocenters. The van der Waals surface area contributed by atoms with E-state index in [0.717, 1.165) is 36.9 Å². The molecule has 0 N–H and O–H groups in total. The van der Waals surface area contributed by atoms with E-state index in [9.17, 15) is 9.59 Å². The second-order valence-corrected chi connectivity index (χ2v) is 4.13. The molecular weight excluding hydrogens is 216 g/mol. The molecule has 1 aromatic rings. The molecule has 0 aliphatic rings. The summed E-state index contributed by atoms with van der Waals surface area (Å²) in [5.41, 5.74) is 1.72. The highest BCUT2D eigenvalue weighted by atomic mass is 16.1. The fourth-order valence-corrected chi connectivity index (χ4v) is 1.80. The number of amides is 1. The maximum Gasteiger partial charge on any atom is 0.252 e. The van der Waals surface area contributed by atoms with Gasteiger partial charge in [0.15, 0.2) is 0 Å². The lowest BCUT2D eigenvalue weighted by Crippen LogP contribution is -2.24. The third-order valence-electron chi connectivity index (χ3n) is 2.86. The zero-order valence-corrected chi connectivity index (χ0v) is 10.8. The second kappa shape index (κ2) is 6.23. The van der Waals surface area contributed by atoms with Crippen molar-refractivity contribution in [3.8, 4) is 0 Å². The smallest absolute Gasteiger partial charge is 0.252 e. The molecule has 4 heteroatoms. The molecule has 4 nitrogen and oxygen atoms in total. The van der Waals surface area contributed by atoms with Crippen LogP contribution in [0.2, 0.25) is 0 Å². The average Bonchev–Trinajstić information content (AvgIpc) is 2.35. The molecule has 0 radical (unpaired) electrons. The molecule has 1 aromatic heterocycles. The predicted octanol–water partition coefficient (Wildman–Crippen LogP) is 1.80. The van der Waals surface area contributed by atoms with Crippen LogP contribution in [0.25, 0.3) is 0 Å². The summed E-state index contributed by atoms with van der Waals surface area (Å²) in [5.74, 6) is 0. The van der Waals surface area contributed by atoms with Gasteiger partial charge >= 0.3 is 0 Å². The second-order valence-electron chi connectivity index (χ2n) is 4.13. The topological polar surface area (TPSA) is 42.3 Å². The Balaban J connectivity index is 3.20. The van der Waals surface area contributed by atoms with Crippen LogP contribution in [0.3, 0.4) is 0 Å².